The number of carbonyl (C=O) groups excluding carboxylic acids is 2. The van der Waals surface area contributed by atoms with Crippen molar-refractivity contribution in [3.8, 4) is 0 Å². The van der Waals surface area contributed by atoms with Gasteiger partial charge in [-0.15, -0.1) is 0 Å². The molecule has 2 aromatic rings. The molecule has 192 valence electrons. The molecule has 0 aromatic heterocycles. The first-order valence-corrected chi connectivity index (χ1v) is 13.7. The van der Waals surface area contributed by atoms with Crippen molar-refractivity contribution in [2.45, 2.75) is 59.2 Å². The molecule has 2 amide bonds. The fraction of sp³-hybridized carbons (Fsp3) is 0.440. The van der Waals surface area contributed by atoms with Crippen molar-refractivity contribution in [3.05, 3.63) is 64.4 Å². The van der Waals surface area contributed by atoms with E-state index in [4.69, 9.17) is 11.6 Å². The van der Waals surface area contributed by atoms with Crippen LogP contribution in [-0.2, 0) is 26.2 Å². The summed E-state index contributed by atoms with van der Waals surface area (Å²) in [5.41, 5.74) is 1.41. The smallest absolute Gasteiger partial charge is 0.244 e. The normalized spacial score (nSPS) is 13.1. The summed E-state index contributed by atoms with van der Waals surface area (Å²) in [5, 5.41) is 3.27. The second-order valence-electron chi connectivity index (χ2n) is 8.54. The van der Waals surface area contributed by atoms with E-state index in [-0.39, 0.29) is 24.2 Å². The Morgan fingerprint density at radius 2 is 1.71 bits per heavy atom. The van der Waals surface area contributed by atoms with E-state index in [9.17, 15) is 22.4 Å². The minimum Gasteiger partial charge on any atom is -0.352 e. The molecule has 0 unspecified atom stereocenters. The summed E-state index contributed by atoms with van der Waals surface area (Å²) >= 11 is 6.20. The number of hydrogen-bond acceptors (Lipinski definition) is 4. The molecule has 0 radical (unpaired) electrons. The standard InChI is InChI=1S/C25H33ClFN3O4S/c1-6-17(3)28-25(32)22(7-2)29(15-19-11-13-20(27)14-12-19)24(31)16-30(35(5,33)34)23-10-8-9-21(26)18(23)4/h8-14,17,22H,6-7,15-16H2,1-5H3,(H,28,32)/t17-,22+/m0/s1. The molecule has 1 N–H and O–H groups in total. The van der Waals surface area contributed by atoms with Gasteiger partial charge in [0, 0.05) is 17.6 Å². The number of rotatable bonds is 11. The highest BCUT2D eigenvalue weighted by Gasteiger charge is 2.32. The number of nitrogens with one attached hydrogen (secondary N) is 1. The van der Waals surface area contributed by atoms with Gasteiger partial charge in [-0.3, -0.25) is 13.9 Å². The zero-order valence-electron chi connectivity index (χ0n) is 20.7. The van der Waals surface area contributed by atoms with Crippen molar-refractivity contribution >= 4 is 39.1 Å². The molecule has 7 nitrogen and oxygen atoms in total. The quantitative estimate of drug-likeness (QED) is 0.474. The van der Waals surface area contributed by atoms with Crippen molar-refractivity contribution in [2.75, 3.05) is 17.1 Å². The minimum absolute atomic E-state index is 0.0116. The van der Waals surface area contributed by atoms with Crippen molar-refractivity contribution < 1.29 is 22.4 Å². The van der Waals surface area contributed by atoms with Gasteiger partial charge in [-0.1, -0.05) is 43.6 Å². The number of anilines is 1. The molecule has 0 aliphatic rings. The largest absolute Gasteiger partial charge is 0.352 e. The summed E-state index contributed by atoms with van der Waals surface area (Å²) in [6, 6.07) is 9.49. The lowest BCUT2D eigenvalue weighted by molar-refractivity contribution is -0.140. The van der Waals surface area contributed by atoms with Crippen LogP contribution in [0.2, 0.25) is 5.02 Å². The van der Waals surface area contributed by atoms with Crippen LogP contribution in [0.3, 0.4) is 0 Å². The molecule has 2 atom stereocenters. The zero-order valence-corrected chi connectivity index (χ0v) is 22.3. The number of sulfonamides is 1. The van der Waals surface area contributed by atoms with E-state index < -0.39 is 34.3 Å². The van der Waals surface area contributed by atoms with Crippen LogP contribution in [-0.4, -0.2) is 50.0 Å². The molecular formula is C25H33ClFN3O4S. The van der Waals surface area contributed by atoms with Gasteiger partial charge >= 0.3 is 0 Å². The molecule has 0 heterocycles. The molecular weight excluding hydrogens is 493 g/mol. The molecule has 0 aliphatic carbocycles. The summed E-state index contributed by atoms with van der Waals surface area (Å²) in [5.74, 6) is -1.32. The van der Waals surface area contributed by atoms with Gasteiger partial charge in [-0.25, -0.2) is 12.8 Å². The van der Waals surface area contributed by atoms with E-state index in [2.05, 4.69) is 5.32 Å². The van der Waals surface area contributed by atoms with Crippen LogP contribution in [0.1, 0.15) is 44.7 Å². The predicted molar refractivity (Wildman–Crippen MR) is 137 cm³/mol. The average molecular weight is 526 g/mol. The summed E-state index contributed by atoms with van der Waals surface area (Å²) in [6.45, 7) is 6.74. The second-order valence-corrected chi connectivity index (χ2v) is 10.9. The van der Waals surface area contributed by atoms with Crippen LogP contribution < -0.4 is 9.62 Å². The van der Waals surface area contributed by atoms with Gasteiger partial charge in [0.05, 0.1) is 11.9 Å². The number of hydrogen-bond donors (Lipinski definition) is 1. The third-order valence-electron chi connectivity index (χ3n) is 5.84. The van der Waals surface area contributed by atoms with Crippen molar-refractivity contribution in [3.63, 3.8) is 0 Å². The van der Waals surface area contributed by atoms with Crippen LogP contribution in [0.25, 0.3) is 0 Å². The molecule has 2 rings (SSSR count). The van der Waals surface area contributed by atoms with Gasteiger partial charge in [-0.2, -0.15) is 0 Å². The first-order valence-electron chi connectivity index (χ1n) is 11.5. The predicted octanol–water partition coefficient (Wildman–Crippen LogP) is 4.28. The Morgan fingerprint density at radius 3 is 2.26 bits per heavy atom. The molecule has 35 heavy (non-hydrogen) atoms. The second kappa shape index (κ2) is 12.4. The van der Waals surface area contributed by atoms with E-state index >= 15 is 0 Å². The van der Waals surface area contributed by atoms with Crippen LogP contribution in [0.4, 0.5) is 10.1 Å². The third kappa shape index (κ3) is 7.67. The number of carbonyl (C=O) groups is 2. The number of benzene rings is 2. The average Bonchev–Trinajstić information content (AvgIpc) is 2.79. The maximum atomic E-state index is 13.6. The Hall–Kier alpha value is -2.65. The SMILES string of the molecule is CC[C@H](C(=O)N[C@@H](C)CC)N(Cc1ccc(F)cc1)C(=O)CN(c1cccc(Cl)c1C)S(C)(=O)=O. The van der Waals surface area contributed by atoms with Crippen LogP contribution in [0, 0.1) is 12.7 Å². The van der Waals surface area contributed by atoms with Gasteiger partial charge in [0.1, 0.15) is 18.4 Å². The van der Waals surface area contributed by atoms with E-state index in [0.29, 0.717) is 29.0 Å². The molecule has 0 fully saturated rings. The van der Waals surface area contributed by atoms with Gasteiger partial charge in [0.2, 0.25) is 21.8 Å². The van der Waals surface area contributed by atoms with Crippen molar-refractivity contribution in [1.29, 1.82) is 0 Å². The fourth-order valence-electron chi connectivity index (χ4n) is 3.61. The van der Waals surface area contributed by atoms with Gasteiger partial charge in [0.25, 0.3) is 0 Å². The van der Waals surface area contributed by atoms with Crippen LogP contribution in [0.5, 0.6) is 0 Å². The third-order valence-corrected chi connectivity index (χ3v) is 7.38. The summed E-state index contributed by atoms with van der Waals surface area (Å²) in [4.78, 5) is 28.1. The molecule has 0 saturated carbocycles. The Morgan fingerprint density at radius 1 is 1.09 bits per heavy atom. The van der Waals surface area contributed by atoms with E-state index in [0.717, 1.165) is 10.6 Å². The minimum atomic E-state index is -3.86. The molecule has 0 bridgehead atoms. The number of amides is 2. The highest BCUT2D eigenvalue weighted by Crippen LogP contribution is 2.28. The zero-order chi connectivity index (χ0) is 26.3. The highest BCUT2D eigenvalue weighted by molar-refractivity contribution is 7.92. The van der Waals surface area contributed by atoms with Crippen LogP contribution in [0.15, 0.2) is 42.5 Å². The van der Waals surface area contributed by atoms with Gasteiger partial charge < -0.3 is 10.2 Å². The lowest BCUT2D eigenvalue weighted by Crippen LogP contribution is -2.53. The Balaban J connectivity index is 2.47. The lowest BCUT2D eigenvalue weighted by atomic mass is 10.1. The highest BCUT2D eigenvalue weighted by atomic mass is 35.5. The van der Waals surface area contributed by atoms with E-state index in [1.54, 1.807) is 32.0 Å². The summed E-state index contributed by atoms with van der Waals surface area (Å²) in [6.07, 6.45) is 2.03. The van der Waals surface area contributed by atoms with E-state index in [1.165, 1.54) is 29.2 Å². The lowest BCUT2D eigenvalue weighted by Gasteiger charge is -2.33. The van der Waals surface area contributed by atoms with E-state index in [1.807, 2.05) is 13.8 Å². The maximum absolute atomic E-state index is 13.6. The molecule has 2 aromatic carbocycles. The summed E-state index contributed by atoms with van der Waals surface area (Å²) in [7, 11) is -3.86. The first-order chi connectivity index (χ1) is 16.4. The fourth-order valence-corrected chi connectivity index (χ4v) is 4.68. The Kier molecular flexibility index (Phi) is 10.1. The first kappa shape index (κ1) is 28.6. The molecule has 0 aliphatic heterocycles. The topological polar surface area (TPSA) is 86.8 Å². The maximum Gasteiger partial charge on any atom is 0.244 e. The monoisotopic (exact) mass is 525 g/mol. The van der Waals surface area contributed by atoms with Crippen molar-refractivity contribution in [2.24, 2.45) is 0 Å². The Bertz CT molecular complexity index is 1140. The molecule has 10 heteroatoms. The number of nitrogens with zero attached hydrogens (tertiary/aromatic N) is 2. The number of halogens is 2. The Labute approximate surface area is 212 Å². The van der Waals surface area contributed by atoms with Gasteiger partial charge in [0.15, 0.2) is 0 Å². The van der Waals surface area contributed by atoms with Crippen LogP contribution >= 0.6 is 11.6 Å². The van der Waals surface area contributed by atoms with Crippen molar-refractivity contribution in [1.82, 2.24) is 10.2 Å². The van der Waals surface area contributed by atoms with Gasteiger partial charge in [-0.05, 0) is 62.1 Å². The molecule has 0 spiro atoms. The summed E-state index contributed by atoms with van der Waals surface area (Å²) < 4.78 is 39.8. The molecule has 0 saturated heterocycles.